The fourth-order valence-electron chi connectivity index (χ4n) is 2.76. The van der Waals surface area contributed by atoms with Crippen LogP contribution in [0.5, 0.6) is 0 Å². The van der Waals surface area contributed by atoms with Crippen molar-refractivity contribution in [2.24, 2.45) is 0 Å². The first-order chi connectivity index (χ1) is 9.81. The van der Waals surface area contributed by atoms with E-state index in [9.17, 15) is 4.39 Å². The summed E-state index contributed by atoms with van der Waals surface area (Å²) >= 11 is 0. The Bertz CT molecular complexity index is 398. The summed E-state index contributed by atoms with van der Waals surface area (Å²) in [7, 11) is 0. The normalized spacial score (nSPS) is 16.2. The molecule has 2 rings (SSSR count). The molecule has 20 heavy (non-hydrogen) atoms. The lowest BCUT2D eigenvalue weighted by Crippen LogP contribution is -2.25. The maximum absolute atomic E-state index is 14.1. The number of rotatable bonds is 6. The second-order valence-electron chi connectivity index (χ2n) is 5.72. The van der Waals surface area contributed by atoms with Gasteiger partial charge in [-0.15, -0.1) is 0 Å². The molecule has 1 fully saturated rings. The molecule has 3 heteroatoms. The van der Waals surface area contributed by atoms with Crippen LogP contribution in [0, 0.1) is 5.82 Å². The summed E-state index contributed by atoms with van der Waals surface area (Å²) in [6.45, 7) is 6.04. The third-order valence-corrected chi connectivity index (χ3v) is 3.99. The van der Waals surface area contributed by atoms with Gasteiger partial charge in [-0.1, -0.05) is 32.3 Å². The van der Waals surface area contributed by atoms with E-state index in [0.717, 1.165) is 31.9 Å². The summed E-state index contributed by atoms with van der Waals surface area (Å²) < 4.78 is 14.1. The minimum absolute atomic E-state index is 0.0794. The summed E-state index contributed by atoms with van der Waals surface area (Å²) in [5.74, 6) is -0.0794. The average Bonchev–Trinajstić information content (AvgIpc) is 2.74. The monoisotopic (exact) mass is 278 g/mol. The van der Waals surface area contributed by atoms with Crippen molar-refractivity contribution in [1.29, 1.82) is 0 Å². The van der Waals surface area contributed by atoms with E-state index in [4.69, 9.17) is 0 Å². The molecule has 1 aromatic carbocycles. The summed E-state index contributed by atoms with van der Waals surface area (Å²) in [5, 5.41) is 3.42. The highest BCUT2D eigenvalue weighted by Gasteiger charge is 2.14. The number of unbranched alkanes of at least 4 members (excludes halogenated alkanes) is 1. The third kappa shape index (κ3) is 4.48. The molecule has 1 aromatic rings. The van der Waals surface area contributed by atoms with E-state index in [-0.39, 0.29) is 5.82 Å². The Morgan fingerprint density at radius 2 is 1.90 bits per heavy atom. The highest BCUT2D eigenvalue weighted by molar-refractivity contribution is 5.50. The van der Waals surface area contributed by atoms with Gasteiger partial charge in [0.05, 0.1) is 5.69 Å². The molecule has 0 saturated carbocycles. The van der Waals surface area contributed by atoms with Gasteiger partial charge in [0.1, 0.15) is 5.82 Å². The molecular weight excluding hydrogens is 251 g/mol. The zero-order chi connectivity index (χ0) is 14.2. The highest BCUT2D eigenvalue weighted by atomic mass is 19.1. The number of benzene rings is 1. The van der Waals surface area contributed by atoms with Gasteiger partial charge in [-0.3, -0.25) is 0 Å². The number of nitrogens with zero attached hydrogens (tertiary/aromatic N) is 1. The van der Waals surface area contributed by atoms with Crippen LogP contribution < -0.4 is 10.2 Å². The number of nitrogens with one attached hydrogen (secondary N) is 1. The molecule has 112 valence electrons. The maximum Gasteiger partial charge on any atom is 0.146 e. The van der Waals surface area contributed by atoms with Crippen molar-refractivity contribution in [2.45, 2.75) is 52.0 Å². The van der Waals surface area contributed by atoms with Crippen LogP contribution in [0.2, 0.25) is 0 Å². The Balaban J connectivity index is 1.99. The third-order valence-electron chi connectivity index (χ3n) is 3.99. The van der Waals surface area contributed by atoms with E-state index in [0.29, 0.717) is 0 Å². The largest absolute Gasteiger partial charge is 0.369 e. The van der Waals surface area contributed by atoms with Gasteiger partial charge in [0.2, 0.25) is 0 Å². The number of hydrogen-bond donors (Lipinski definition) is 1. The first kappa shape index (κ1) is 15.3. The highest BCUT2D eigenvalue weighted by Crippen LogP contribution is 2.24. The van der Waals surface area contributed by atoms with Gasteiger partial charge in [0.25, 0.3) is 0 Å². The van der Waals surface area contributed by atoms with Gasteiger partial charge in [-0.25, -0.2) is 4.39 Å². The van der Waals surface area contributed by atoms with Crippen LogP contribution in [-0.4, -0.2) is 19.6 Å². The molecule has 0 bridgehead atoms. The van der Waals surface area contributed by atoms with Crippen LogP contribution in [-0.2, 0) is 6.54 Å². The van der Waals surface area contributed by atoms with Crippen LogP contribution in [0.25, 0.3) is 0 Å². The summed E-state index contributed by atoms with van der Waals surface area (Å²) in [5.41, 5.74) is 1.98. The first-order valence-electron chi connectivity index (χ1n) is 8.05. The molecule has 0 aliphatic carbocycles. The van der Waals surface area contributed by atoms with Gasteiger partial charge in [-0.05, 0) is 43.5 Å². The minimum Gasteiger partial charge on any atom is -0.369 e. The van der Waals surface area contributed by atoms with E-state index in [2.05, 4.69) is 17.1 Å². The quantitative estimate of drug-likeness (QED) is 0.788. The number of halogens is 1. The Morgan fingerprint density at radius 3 is 2.60 bits per heavy atom. The van der Waals surface area contributed by atoms with Crippen LogP contribution in [0.3, 0.4) is 0 Å². The van der Waals surface area contributed by atoms with Crippen molar-refractivity contribution in [3.8, 4) is 0 Å². The first-order valence-corrected chi connectivity index (χ1v) is 8.05. The standard InChI is InChI=1S/C17H27FN2/c1-2-3-10-19-14-15-8-9-16(18)17(13-15)20-11-6-4-5-7-12-20/h8-9,13,19H,2-7,10-12,14H2,1H3. The molecule has 0 unspecified atom stereocenters. The smallest absolute Gasteiger partial charge is 0.146 e. The van der Waals surface area contributed by atoms with Gasteiger partial charge in [0.15, 0.2) is 0 Å². The van der Waals surface area contributed by atoms with Crippen LogP contribution in [0.15, 0.2) is 18.2 Å². The molecule has 1 heterocycles. The molecule has 0 aromatic heterocycles. The zero-order valence-corrected chi connectivity index (χ0v) is 12.6. The second-order valence-corrected chi connectivity index (χ2v) is 5.72. The summed E-state index contributed by atoms with van der Waals surface area (Å²) in [4.78, 5) is 2.22. The van der Waals surface area contributed by atoms with Crippen molar-refractivity contribution in [2.75, 3.05) is 24.5 Å². The lowest BCUT2D eigenvalue weighted by atomic mass is 10.1. The molecule has 0 spiro atoms. The van der Waals surface area contributed by atoms with Crippen molar-refractivity contribution >= 4 is 5.69 Å². The molecule has 0 atom stereocenters. The van der Waals surface area contributed by atoms with E-state index < -0.39 is 0 Å². The predicted molar refractivity (Wildman–Crippen MR) is 83.7 cm³/mol. The van der Waals surface area contributed by atoms with E-state index in [1.807, 2.05) is 12.1 Å². The zero-order valence-electron chi connectivity index (χ0n) is 12.6. The van der Waals surface area contributed by atoms with Crippen molar-refractivity contribution < 1.29 is 4.39 Å². The van der Waals surface area contributed by atoms with E-state index in [1.54, 1.807) is 6.07 Å². The Morgan fingerprint density at radius 1 is 1.15 bits per heavy atom. The van der Waals surface area contributed by atoms with Gasteiger partial charge in [-0.2, -0.15) is 0 Å². The molecule has 1 saturated heterocycles. The lowest BCUT2D eigenvalue weighted by molar-refractivity contribution is 0.611. The Hall–Kier alpha value is -1.09. The van der Waals surface area contributed by atoms with E-state index in [1.165, 1.54) is 44.1 Å². The topological polar surface area (TPSA) is 15.3 Å². The molecule has 2 nitrogen and oxygen atoms in total. The fraction of sp³-hybridized carbons (Fsp3) is 0.647. The second kappa shape index (κ2) is 8.25. The SMILES string of the molecule is CCCCNCc1ccc(F)c(N2CCCCCC2)c1. The average molecular weight is 278 g/mol. The molecule has 0 radical (unpaired) electrons. The van der Waals surface area contributed by atoms with Gasteiger partial charge < -0.3 is 10.2 Å². The minimum atomic E-state index is -0.0794. The maximum atomic E-state index is 14.1. The molecular formula is C17H27FN2. The van der Waals surface area contributed by atoms with Crippen LogP contribution in [0.1, 0.15) is 51.0 Å². The van der Waals surface area contributed by atoms with Crippen molar-refractivity contribution in [1.82, 2.24) is 5.32 Å². The van der Waals surface area contributed by atoms with Gasteiger partial charge in [0, 0.05) is 19.6 Å². The fourth-order valence-corrected chi connectivity index (χ4v) is 2.76. The lowest BCUT2D eigenvalue weighted by Gasteiger charge is -2.23. The number of hydrogen-bond acceptors (Lipinski definition) is 2. The Labute approximate surface area is 122 Å². The Kier molecular flexibility index (Phi) is 6.31. The van der Waals surface area contributed by atoms with E-state index >= 15 is 0 Å². The molecule has 1 aliphatic rings. The summed E-state index contributed by atoms with van der Waals surface area (Å²) in [6, 6.07) is 5.55. The molecule has 1 aliphatic heterocycles. The van der Waals surface area contributed by atoms with Crippen molar-refractivity contribution in [3.05, 3.63) is 29.6 Å². The van der Waals surface area contributed by atoms with Gasteiger partial charge >= 0.3 is 0 Å². The molecule has 1 N–H and O–H groups in total. The predicted octanol–water partition coefficient (Wildman–Crippen LogP) is 4.10. The summed E-state index contributed by atoms with van der Waals surface area (Å²) in [6.07, 6.45) is 7.30. The van der Waals surface area contributed by atoms with Crippen molar-refractivity contribution in [3.63, 3.8) is 0 Å². The van der Waals surface area contributed by atoms with Crippen LogP contribution in [0.4, 0.5) is 10.1 Å². The van der Waals surface area contributed by atoms with Crippen LogP contribution >= 0.6 is 0 Å². The number of anilines is 1. The molecule has 0 amide bonds.